The number of carbonyl (C=O) groups is 2. The third kappa shape index (κ3) is 5.85. The first-order valence-corrected chi connectivity index (χ1v) is 16.4. The van der Waals surface area contributed by atoms with Gasteiger partial charge < -0.3 is 24.2 Å². The first-order valence-electron chi connectivity index (χ1n) is 16.0. The summed E-state index contributed by atoms with van der Waals surface area (Å²) in [5, 5.41) is 11.7. The van der Waals surface area contributed by atoms with Crippen LogP contribution in [0.15, 0.2) is 30.5 Å². The summed E-state index contributed by atoms with van der Waals surface area (Å²) in [5.41, 5.74) is 1.57. The predicted molar refractivity (Wildman–Crippen MR) is 169 cm³/mol. The summed E-state index contributed by atoms with van der Waals surface area (Å²) < 4.78 is 18.6. The second-order valence-corrected chi connectivity index (χ2v) is 14.2. The normalized spacial score (nSPS) is 27.7. The van der Waals surface area contributed by atoms with Crippen LogP contribution in [0.5, 0.6) is 5.88 Å². The summed E-state index contributed by atoms with van der Waals surface area (Å²) in [6.07, 6.45) is 6.48. The van der Waals surface area contributed by atoms with Crippen molar-refractivity contribution in [2.45, 2.75) is 116 Å². The zero-order valence-electron chi connectivity index (χ0n) is 26.9. The molecule has 3 heterocycles. The number of aromatic nitrogens is 1. The van der Waals surface area contributed by atoms with Crippen LogP contribution in [-0.4, -0.2) is 58.3 Å². The van der Waals surface area contributed by atoms with Crippen molar-refractivity contribution in [2.24, 2.45) is 11.3 Å². The molecule has 0 radical (unpaired) electrons. The molecule has 2 aromatic rings. The molecule has 1 aromatic carbocycles. The Bertz CT molecular complexity index is 1370. The van der Waals surface area contributed by atoms with Crippen LogP contribution in [0.25, 0.3) is 0 Å². The smallest absolute Gasteiger partial charge is 0.330 e. The molecule has 8 nitrogen and oxygen atoms in total. The van der Waals surface area contributed by atoms with Crippen LogP contribution in [0.2, 0.25) is 5.02 Å². The molecule has 0 spiro atoms. The lowest BCUT2D eigenvalue weighted by Crippen LogP contribution is -2.61. The Morgan fingerprint density at radius 1 is 1.16 bits per heavy atom. The quantitative estimate of drug-likeness (QED) is 0.313. The van der Waals surface area contributed by atoms with E-state index in [1.807, 2.05) is 59.0 Å². The average molecular weight is 627 g/mol. The SMILES string of the molecule is CC[C@@]1(C(=O)O)[C@@H](C(C)(C)C)[C@H](OCc2cc(C3CCC3)cnc2OC)[C@H](c2cc(Cl)ccc2C)N1C(=O)C1CCCCO1. The second-order valence-electron chi connectivity index (χ2n) is 13.8. The Kier molecular flexibility index (Phi) is 9.64. The van der Waals surface area contributed by atoms with E-state index in [0.29, 0.717) is 29.8 Å². The van der Waals surface area contributed by atoms with Crippen LogP contribution in [-0.2, 0) is 25.7 Å². The number of aryl methyl sites for hydroxylation is 1. The van der Waals surface area contributed by atoms with Gasteiger partial charge in [-0.25, -0.2) is 9.78 Å². The highest BCUT2D eigenvalue weighted by atomic mass is 35.5. The van der Waals surface area contributed by atoms with Crippen LogP contribution in [0.1, 0.15) is 107 Å². The van der Waals surface area contributed by atoms with Crippen LogP contribution in [0.3, 0.4) is 0 Å². The number of carbonyl (C=O) groups excluding carboxylic acids is 1. The molecule has 3 fully saturated rings. The highest BCUT2D eigenvalue weighted by Gasteiger charge is 2.68. The number of carboxylic acids is 1. The number of pyridine rings is 1. The van der Waals surface area contributed by atoms with Crippen molar-refractivity contribution in [3.63, 3.8) is 0 Å². The number of aliphatic carboxylic acids is 1. The molecule has 5 rings (SSSR count). The lowest BCUT2D eigenvalue weighted by atomic mass is 9.66. The van der Waals surface area contributed by atoms with Gasteiger partial charge in [0.1, 0.15) is 11.6 Å². The molecule has 2 aliphatic heterocycles. The van der Waals surface area contributed by atoms with Crippen molar-refractivity contribution in [1.82, 2.24) is 9.88 Å². The van der Waals surface area contributed by atoms with Gasteiger partial charge >= 0.3 is 5.97 Å². The molecule has 9 heteroatoms. The molecule has 1 saturated carbocycles. The number of hydrogen-bond donors (Lipinski definition) is 1. The number of rotatable bonds is 9. The summed E-state index contributed by atoms with van der Waals surface area (Å²) in [7, 11) is 1.59. The summed E-state index contributed by atoms with van der Waals surface area (Å²) in [6, 6.07) is 6.99. The van der Waals surface area contributed by atoms with E-state index in [1.54, 1.807) is 12.0 Å². The van der Waals surface area contributed by atoms with E-state index in [4.69, 9.17) is 25.8 Å². The lowest BCUT2D eigenvalue weighted by Gasteiger charge is -2.45. The largest absolute Gasteiger partial charge is 0.481 e. The molecule has 1 N–H and O–H groups in total. The molecule has 1 unspecified atom stereocenters. The highest BCUT2D eigenvalue weighted by Crippen LogP contribution is 2.57. The van der Waals surface area contributed by atoms with Gasteiger partial charge in [-0.3, -0.25) is 4.79 Å². The van der Waals surface area contributed by atoms with Crippen LogP contribution < -0.4 is 4.74 Å². The molecule has 1 aliphatic carbocycles. The Morgan fingerprint density at radius 2 is 1.91 bits per heavy atom. The molecule has 2 saturated heterocycles. The van der Waals surface area contributed by atoms with Gasteiger partial charge in [0.15, 0.2) is 0 Å². The van der Waals surface area contributed by atoms with E-state index in [0.717, 1.165) is 47.9 Å². The number of carboxylic acid groups (broad SMARTS) is 1. The number of methoxy groups -OCH3 is 1. The fourth-order valence-electron chi connectivity index (χ4n) is 7.80. The zero-order chi connectivity index (χ0) is 31.8. The van der Waals surface area contributed by atoms with E-state index in [9.17, 15) is 14.7 Å². The molecular weight excluding hydrogens is 580 g/mol. The van der Waals surface area contributed by atoms with Gasteiger partial charge in [0.05, 0.1) is 25.9 Å². The topological polar surface area (TPSA) is 98.2 Å². The summed E-state index contributed by atoms with van der Waals surface area (Å²) in [4.78, 5) is 34.5. The van der Waals surface area contributed by atoms with E-state index in [2.05, 4.69) is 11.1 Å². The molecule has 0 bridgehead atoms. The van der Waals surface area contributed by atoms with Gasteiger partial charge in [0.2, 0.25) is 5.88 Å². The van der Waals surface area contributed by atoms with Crippen molar-refractivity contribution < 1.29 is 28.9 Å². The van der Waals surface area contributed by atoms with Crippen LogP contribution >= 0.6 is 11.6 Å². The maximum Gasteiger partial charge on any atom is 0.330 e. The Morgan fingerprint density at radius 3 is 2.48 bits per heavy atom. The second kappa shape index (κ2) is 13.0. The minimum absolute atomic E-state index is 0.158. The van der Waals surface area contributed by atoms with E-state index < -0.39 is 41.1 Å². The lowest BCUT2D eigenvalue weighted by molar-refractivity contribution is -0.170. The van der Waals surface area contributed by atoms with E-state index >= 15 is 0 Å². The number of ether oxygens (including phenoxy) is 3. The third-order valence-electron chi connectivity index (χ3n) is 10.1. The van der Waals surface area contributed by atoms with Crippen LogP contribution in [0.4, 0.5) is 0 Å². The van der Waals surface area contributed by atoms with Gasteiger partial charge in [-0.2, -0.15) is 0 Å². The maximum absolute atomic E-state index is 14.6. The summed E-state index contributed by atoms with van der Waals surface area (Å²) >= 11 is 6.58. The molecular formula is C35H47ClN2O6. The van der Waals surface area contributed by atoms with Crippen molar-refractivity contribution in [3.05, 3.63) is 57.7 Å². The Hall–Kier alpha value is -2.68. The third-order valence-corrected chi connectivity index (χ3v) is 10.3. The fourth-order valence-corrected chi connectivity index (χ4v) is 7.98. The summed E-state index contributed by atoms with van der Waals surface area (Å²) in [5.74, 6) is -0.943. The maximum atomic E-state index is 14.6. The standard InChI is InChI=1S/C35H47ClN2O6/c1-7-35(33(40)41)30(34(3,4)5)29(44-20-24-17-23(22-11-10-12-22)19-37-31(24)42-6)28(26-18-25(36)15-14-21(26)2)38(35)32(39)27-13-8-9-16-43-27/h14-15,17-19,22,27-30H,7-13,16,20H2,1-6H3,(H,40,41)/t27?,28-,29+,30+,35-/m0/s1. The van der Waals surface area contributed by atoms with Gasteiger partial charge in [0.25, 0.3) is 5.91 Å². The molecule has 240 valence electrons. The molecule has 44 heavy (non-hydrogen) atoms. The Balaban J connectivity index is 1.67. The monoisotopic (exact) mass is 626 g/mol. The van der Waals surface area contributed by atoms with Gasteiger partial charge in [-0.15, -0.1) is 0 Å². The molecule has 1 amide bonds. The molecule has 1 aromatic heterocycles. The average Bonchev–Trinajstić information content (AvgIpc) is 3.28. The van der Waals surface area contributed by atoms with Crippen molar-refractivity contribution in [2.75, 3.05) is 13.7 Å². The number of hydrogen-bond acceptors (Lipinski definition) is 6. The van der Waals surface area contributed by atoms with Crippen molar-refractivity contribution >= 4 is 23.5 Å². The van der Waals surface area contributed by atoms with Crippen molar-refractivity contribution in [1.29, 1.82) is 0 Å². The minimum atomic E-state index is -1.55. The Labute approximate surface area is 266 Å². The first-order chi connectivity index (χ1) is 20.9. The molecule has 5 atom stereocenters. The number of likely N-dealkylation sites (tertiary alicyclic amines) is 1. The van der Waals surface area contributed by atoms with Gasteiger partial charge in [-0.05, 0) is 91.7 Å². The number of halogens is 1. The molecule has 3 aliphatic rings. The number of nitrogens with zero attached hydrogens (tertiary/aromatic N) is 2. The minimum Gasteiger partial charge on any atom is -0.481 e. The number of amides is 1. The van der Waals surface area contributed by atoms with E-state index in [1.165, 1.54) is 6.42 Å². The van der Waals surface area contributed by atoms with Gasteiger partial charge in [-0.1, -0.05) is 51.8 Å². The van der Waals surface area contributed by atoms with Gasteiger partial charge in [0, 0.05) is 29.3 Å². The van der Waals surface area contributed by atoms with Crippen molar-refractivity contribution in [3.8, 4) is 5.88 Å². The summed E-state index contributed by atoms with van der Waals surface area (Å²) in [6.45, 7) is 10.6. The predicted octanol–water partition coefficient (Wildman–Crippen LogP) is 7.25. The first kappa shape index (κ1) is 32.7. The number of benzene rings is 1. The highest BCUT2D eigenvalue weighted by molar-refractivity contribution is 6.30. The zero-order valence-corrected chi connectivity index (χ0v) is 27.7. The van der Waals surface area contributed by atoms with Crippen LogP contribution in [0, 0.1) is 18.3 Å². The van der Waals surface area contributed by atoms with E-state index in [-0.39, 0.29) is 18.9 Å². The fraction of sp³-hybridized carbons (Fsp3) is 0.629.